The summed E-state index contributed by atoms with van der Waals surface area (Å²) in [6.45, 7) is 0. The molecule has 1 aliphatic heterocycles. The van der Waals surface area contributed by atoms with E-state index in [-0.39, 0.29) is 17.0 Å². The van der Waals surface area contributed by atoms with Crippen molar-refractivity contribution in [3.05, 3.63) is 41.1 Å². The molecule has 1 aromatic carbocycles. The highest BCUT2D eigenvalue weighted by Crippen LogP contribution is 2.13. The maximum Gasteiger partial charge on any atom is 0.254 e. The van der Waals surface area contributed by atoms with Crippen LogP contribution in [0.5, 0.6) is 0 Å². The summed E-state index contributed by atoms with van der Waals surface area (Å²) >= 11 is 0. The number of nitrogens with two attached hydrogens (primary N) is 1. The first kappa shape index (κ1) is 12.6. The molecule has 7 heteroatoms. The molecule has 1 heterocycles. The number of hydrogen-bond donors (Lipinski definition) is 2. The fraction of sp³-hybridized carbons (Fsp3) is 0.182. The highest BCUT2D eigenvalue weighted by molar-refractivity contribution is 7.94. The van der Waals surface area contributed by atoms with Crippen molar-refractivity contribution < 1.29 is 17.6 Å². The molecule has 3 N–H and O–H groups in total. The molecule has 0 radical (unpaired) electrons. The van der Waals surface area contributed by atoms with E-state index in [0.29, 0.717) is 0 Å². The van der Waals surface area contributed by atoms with Crippen LogP contribution in [0.25, 0.3) is 0 Å². The van der Waals surface area contributed by atoms with Crippen LogP contribution >= 0.6 is 0 Å². The third-order valence-electron chi connectivity index (χ3n) is 2.48. The molecule has 1 aromatic rings. The second-order valence-corrected chi connectivity index (χ2v) is 5.91. The van der Waals surface area contributed by atoms with E-state index in [4.69, 9.17) is 5.73 Å². The third-order valence-corrected chi connectivity index (χ3v) is 3.88. The van der Waals surface area contributed by atoms with Crippen LogP contribution in [0.4, 0.5) is 10.1 Å². The Labute approximate surface area is 103 Å². The maximum atomic E-state index is 13.4. The number of nitrogen functional groups attached to an aromatic ring is 1. The van der Waals surface area contributed by atoms with Crippen molar-refractivity contribution in [2.45, 2.75) is 6.04 Å². The topological polar surface area (TPSA) is 89.3 Å². The highest BCUT2D eigenvalue weighted by atomic mass is 32.2. The minimum Gasteiger partial charge on any atom is -0.399 e. The van der Waals surface area contributed by atoms with Crippen molar-refractivity contribution in [3.63, 3.8) is 0 Å². The standard InChI is InChI=1S/C11H11FN2O3S/c12-10-5-7(13)1-2-9(10)11(15)14-8-3-4-18(16,17)6-8/h1-5,8H,6,13H2,(H,14,15). The molecule has 1 unspecified atom stereocenters. The second kappa shape index (κ2) is 4.41. The zero-order valence-corrected chi connectivity index (χ0v) is 10.1. The lowest BCUT2D eigenvalue weighted by molar-refractivity contribution is 0.0943. The molecule has 2 rings (SSSR count). The highest BCUT2D eigenvalue weighted by Gasteiger charge is 2.24. The van der Waals surface area contributed by atoms with Gasteiger partial charge in [-0.1, -0.05) is 0 Å². The molecule has 18 heavy (non-hydrogen) atoms. The van der Waals surface area contributed by atoms with Crippen molar-refractivity contribution in [1.82, 2.24) is 5.32 Å². The summed E-state index contributed by atoms with van der Waals surface area (Å²) in [7, 11) is -3.25. The van der Waals surface area contributed by atoms with Crippen molar-refractivity contribution in [2.24, 2.45) is 0 Å². The largest absolute Gasteiger partial charge is 0.399 e. The number of carbonyl (C=O) groups excluding carboxylic acids is 1. The average Bonchev–Trinajstić information content (AvgIpc) is 2.57. The van der Waals surface area contributed by atoms with Crippen molar-refractivity contribution in [3.8, 4) is 0 Å². The van der Waals surface area contributed by atoms with Gasteiger partial charge in [0.1, 0.15) is 5.82 Å². The van der Waals surface area contributed by atoms with Gasteiger partial charge in [0.2, 0.25) is 0 Å². The Morgan fingerprint density at radius 1 is 1.44 bits per heavy atom. The minimum atomic E-state index is -3.25. The van der Waals surface area contributed by atoms with E-state index in [1.165, 1.54) is 18.2 Å². The Bertz CT molecular complexity index is 625. The van der Waals surface area contributed by atoms with Crippen LogP contribution in [-0.2, 0) is 9.84 Å². The van der Waals surface area contributed by atoms with E-state index in [0.717, 1.165) is 11.5 Å². The smallest absolute Gasteiger partial charge is 0.254 e. The van der Waals surface area contributed by atoms with Crippen LogP contribution in [0.3, 0.4) is 0 Å². The summed E-state index contributed by atoms with van der Waals surface area (Å²) in [5.74, 6) is -1.61. The summed E-state index contributed by atoms with van der Waals surface area (Å²) in [5.41, 5.74) is 5.41. The first-order valence-electron chi connectivity index (χ1n) is 5.14. The number of amides is 1. The Hall–Kier alpha value is -1.89. The van der Waals surface area contributed by atoms with Gasteiger partial charge in [0.05, 0.1) is 17.4 Å². The lowest BCUT2D eigenvalue weighted by Gasteiger charge is -2.10. The first-order chi connectivity index (χ1) is 8.37. The molecule has 1 amide bonds. The van der Waals surface area contributed by atoms with Crippen molar-refractivity contribution in [2.75, 3.05) is 11.5 Å². The number of anilines is 1. The number of sulfone groups is 1. The monoisotopic (exact) mass is 270 g/mol. The Kier molecular flexibility index (Phi) is 3.08. The zero-order valence-electron chi connectivity index (χ0n) is 9.26. The van der Waals surface area contributed by atoms with Gasteiger partial charge in [-0.2, -0.15) is 0 Å². The van der Waals surface area contributed by atoms with Gasteiger partial charge < -0.3 is 11.1 Å². The Morgan fingerprint density at radius 3 is 2.72 bits per heavy atom. The number of carbonyl (C=O) groups is 1. The minimum absolute atomic E-state index is 0.165. The van der Waals surface area contributed by atoms with Crippen molar-refractivity contribution >= 4 is 21.4 Å². The number of rotatable bonds is 2. The molecule has 0 saturated carbocycles. The van der Waals surface area contributed by atoms with Gasteiger partial charge >= 0.3 is 0 Å². The molecule has 0 fully saturated rings. The van der Waals surface area contributed by atoms with E-state index in [1.54, 1.807) is 0 Å². The number of hydrogen-bond acceptors (Lipinski definition) is 4. The maximum absolute atomic E-state index is 13.4. The molecule has 5 nitrogen and oxygen atoms in total. The normalized spacial score (nSPS) is 20.8. The van der Waals surface area contributed by atoms with Gasteiger partial charge in [-0.25, -0.2) is 12.8 Å². The predicted molar refractivity (Wildman–Crippen MR) is 65.0 cm³/mol. The fourth-order valence-electron chi connectivity index (χ4n) is 1.63. The van der Waals surface area contributed by atoms with E-state index >= 15 is 0 Å². The molecule has 0 bridgehead atoms. The molecule has 0 spiro atoms. The third kappa shape index (κ3) is 2.67. The zero-order chi connectivity index (χ0) is 13.3. The van der Waals surface area contributed by atoms with Crippen LogP contribution in [0.1, 0.15) is 10.4 Å². The molecular formula is C11H11FN2O3S. The van der Waals surface area contributed by atoms with Gasteiger partial charge in [0.25, 0.3) is 5.91 Å². The van der Waals surface area contributed by atoms with Crippen LogP contribution in [0.15, 0.2) is 29.7 Å². The molecule has 1 aliphatic rings. The predicted octanol–water partition coefficient (Wildman–Crippen LogP) is 0.448. The van der Waals surface area contributed by atoms with E-state index in [1.807, 2.05) is 0 Å². The van der Waals surface area contributed by atoms with Crippen LogP contribution in [0, 0.1) is 5.82 Å². The van der Waals surface area contributed by atoms with Gasteiger partial charge in [-0.05, 0) is 24.3 Å². The summed E-state index contributed by atoms with van der Waals surface area (Å²) < 4.78 is 35.7. The van der Waals surface area contributed by atoms with Gasteiger partial charge in [0.15, 0.2) is 9.84 Å². The van der Waals surface area contributed by atoms with Gasteiger partial charge in [-0.15, -0.1) is 0 Å². The van der Waals surface area contributed by atoms with E-state index in [2.05, 4.69) is 5.32 Å². The molecule has 0 aliphatic carbocycles. The quantitative estimate of drug-likeness (QED) is 0.763. The van der Waals surface area contributed by atoms with Crippen LogP contribution in [0.2, 0.25) is 0 Å². The van der Waals surface area contributed by atoms with Crippen LogP contribution in [-0.4, -0.2) is 26.1 Å². The van der Waals surface area contributed by atoms with Crippen LogP contribution < -0.4 is 11.1 Å². The second-order valence-electron chi connectivity index (χ2n) is 3.98. The van der Waals surface area contributed by atoms with E-state index in [9.17, 15) is 17.6 Å². The summed E-state index contributed by atoms with van der Waals surface area (Å²) in [6, 6.07) is 3.07. The lowest BCUT2D eigenvalue weighted by Crippen LogP contribution is -2.35. The Balaban J connectivity index is 2.12. The molecule has 0 saturated heterocycles. The van der Waals surface area contributed by atoms with Gasteiger partial charge in [0, 0.05) is 11.1 Å². The van der Waals surface area contributed by atoms with E-state index < -0.39 is 27.6 Å². The fourth-order valence-corrected chi connectivity index (χ4v) is 2.86. The Morgan fingerprint density at radius 2 is 2.17 bits per heavy atom. The molecule has 96 valence electrons. The molecular weight excluding hydrogens is 259 g/mol. The summed E-state index contributed by atoms with van der Waals surface area (Å²) in [6.07, 6.45) is 1.36. The number of nitrogens with one attached hydrogen (secondary N) is 1. The number of halogens is 1. The first-order valence-corrected chi connectivity index (χ1v) is 6.86. The average molecular weight is 270 g/mol. The SMILES string of the molecule is Nc1ccc(C(=O)NC2C=CS(=O)(=O)C2)c(F)c1. The lowest BCUT2D eigenvalue weighted by atomic mass is 10.1. The molecule has 0 aromatic heterocycles. The summed E-state index contributed by atoms with van der Waals surface area (Å²) in [5, 5.41) is 3.46. The van der Waals surface area contributed by atoms with Crippen molar-refractivity contribution in [1.29, 1.82) is 0 Å². The molecule has 1 atom stereocenters. The van der Waals surface area contributed by atoms with Gasteiger partial charge in [-0.3, -0.25) is 4.79 Å². The summed E-state index contributed by atoms with van der Waals surface area (Å²) in [4.78, 5) is 11.7. The number of benzene rings is 1.